The Morgan fingerprint density at radius 2 is 2.17 bits per heavy atom. The zero-order valence-corrected chi connectivity index (χ0v) is 13.7. The van der Waals surface area contributed by atoms with Gasteiger partial charge >= 0.3 is 0 Å². The summed E-state index contributed by atoms with van der Waals surface area (Å²) < 4.78 is 29.3. The van der Waals surface area contributed by atoms with Crippen LogP contribution < -0.4 is 10.0 Å². The average Bonchev–Trinajstić information content (AvgIpc) is 3.20. The summed E-state index contributed by atoms with van der Waals surface area (Å²) >= 11 is 0. The van der Waals surface area contributed by atoms with Gasteiger partial charge in [0.05, 0.1) is 6.54 Å². The summed E-state index contributed by atoms with van der Waals surface area (Å²) in [6.45, 7) is 1.12. The topological polar surface area (TPSA) is 111 Å². The standard InChI is InChI=1S/C13H18N6O3S/c1-14-23(21,22)9-6-10(18(2)8-9)13(20)15-7-12-17-16-11-4-3-5-19(11)12/h6,8,14H,3-5,7H2,1-2H3,(H,15,20). The van der Waals surface area contributed by atoms with Crippen molar-refractivity contribution in [2.24, 2.45) is 7.05 Å². The van der Waals surface area contributed by atoms with Gasteiger partial charge in [0.25, 0.3) is 5.91 Å². The van der Waals surface area contributed by atoms with Gasteiger partial charge in [-0.2, -0.15) is 0 Å². The Hall–Kier alpha value is -2.20. The second-order valence-electron chi connectivity index (χ2n) is 5.35. The third-order valence-electron chi connectivity index (χ3n) is 3.88. The van der Waals surface area contributed by atoms with Gasteiger partial charge in [0, 0.05) is 26.2 Å². The highest BCUT2D eigenvalue weighted by Gasteiger charge is 2.21. The normalized spacial score (nSPS) is 14.0. The molecule has 2 aromatic rings. The number of rotatable bonds is 5. The Morgan fingerprint density at radius 1 is 1.39 bits per heavy atom. The fraction of sp³-hybridized carbons (Fsp3) is 0.462. The molecule has 0 bridgehead atoms. The Labute approximate surface area is 133 Å². The Morgan fingerprint density at radius 3 is 2.91 bits per heavy atom. The highest BCUT2D eigenvalue weighted by atomic mass is 32.2. The minimum Gasteiger partial charge on any atom is -0.345 e. The number of amides is 1. The molecule has 3 rings (SSSR count). The lowest BCUT2D eigenvalue weighted by atomic mass is 10.4. The van der Waals surface area contributed by atoms with E-state index in [0.29, 0.717) is 5.82 Å². The van der Waals surface area contributed by atoms with E-state index < -0.39 is 10.0 Å². The smallest absolute Gasteiger partial charge is 0.268 e. The summed E-state index contributed by atoms with van der Waals surface area (Å²) in [5.74, 6) is 1.29. The third-order valence-corrected chi connectivity index (χ3v) is 5.27. The number of fused-ring (bicyclic) bond motifs is 1. The number of aryl methyl sites for hydroxylation is 2. The summed E-state index contributed by atoms with van der Waals surface area (Å²) in [6, 6.07) is 1.34. The molecular formula is C13H18N6O3S. The van der Waals surface area contributed by atoms with Crippen molar-refractivity contribution in [3.63, 3.8) is 0 Å². The fourth-order valence-electron chi connectivity index (χ4n) is 2.62. The van der Waals surface area contributed by atoms with E-state index in [1.807, 2.05) is 4.57 Å². The molecule has 1 amide bonds. The SMILES string of the molecule is CNS(=O)(=O)c1cc(C(=O)NCc2nnc3n2CCC3)n(C)c1. The molecule has 2 aromatic heterocycles. The van der Waals surface area contributed by atoms with Gasteiger partial charge in [0.1, 0.15) is 16.4 Å². The molecule has 0 aromatic carbocycles. The molecule has 0 radical (unpaired) electrons. The van der Waals surface area contributed by atoms with Gasteiger partial charge in [0.2, 0.25) is 10.0 Å². The highest BCUT2D eigenvalue weighted by molar-refractivity contribution is 7.89. The lowest BCUT2D eigenvalue weighted by molar-refractivity contribution is 0.0941. The summed E-state index contributed by atoms with van der Waals surface area (Å²) in [7, 11) is -0.626. The molecule has 124 valence electrons. The van der Waals surface area contributed by atoms with E-state index in [2.05, 4.69) is 20.2 Å². The number of hydrogen-bond donors (Lipinski definition) is 2. The monoisotopic (exact) mass is 338 g/mol. The summed E-state index contributed by atoms with van der Waals surface area (Å²) in [6.07, 6.45) is 3.34. The minimum atomic E-state index is -3.58. The maximum absolute atomic E-state index is 12.3. The first-order valence-corrected chi connectivity index (χ1v) is 8.70. The van der Waals surface area contributed by atoms with E-state index in [4.69, 9.17) is 0 Å². The van der Waals surface area contributed by atoms with Crippen molar-refractivity contribution in [1.29, 1.82) is 0 Å². The average molecular weight is 338 g/mol. The van der Waals surface area contributed by atoms with Crippen molar-refractivity contribution in [3.8, 4) is 0 Å². The van der Waals surface area contributed by atoms with Crippen LogP contribution in [0.2, 0.25) is 0 Å². The lowest BCUT2D eigenvalue weighted by Crippen LogP contribution is -2.26. The van der Waals surface area contributed by atoms with Crippen LogP contribution in [0.4, 0.5) is 0 Å². The van der Waals surface area contributed by atoms with E-state index >= 15 is 0 Å². The molecule has 10 heteroatoms. The van der Waals surface area contributed by atoms with Crippen LogP contribution in [0.25, 0.3) is 0 Å². The molecule has 0 aliphatic carbocycles. The number of carbonyl (C=O) groups is 1. The van der Waals surface area contributed by atoms with Crippen molar-refractivity contribution in [3.05, 3.63) is 29.6 Å². The Bertz CT molecular complexity index is 851. The minimum absolute atomic E-state index is 0.0519. The van der Waals surface area contributed by atoms with Gasteiger partial charge in [-0.1, -0.05) is 0 Å². The van der Waals surface area contributed by atoms with Gasteiger partial charge in [0.15, 0.2) is 5.82 Å². The number of nitrogens with one attached hydrogen (secondary N) is 2. The predicted molar refractivity (Wildman–Crippen MR) is 81.2 cm³/mol. The first-order valence-electron chi connectivity index (χ1n) is 7.21. The van der Waals surface area contributed by atoms with Crippen LogP contribution in [0.15, 0.2) is 17.2 Å². The van der Waals surface area contributed by atoms with Gasteiger partial charge in [-0.25, -0.2) is 13.1 Å². The molecule has 0 fully saturated rings. The van der Waals surface area contributed by atoms with Crippen molar-refractivity contribution in [1.82, 2.24) is 29.4 Å². The molecule has 1 aliphatic heterocycles. The van der Waals surface area contributed by atoms with Gasteiger partial charge in [-0.15, -0.1) is 10.2 Å². The van der Waals surface area contributed by atoms with E-state index in [0.717, 1.165) is 25.2 Å². The second kappa shape index (κ2) is 5.78. The quantitative estimate of drug-likeness (QED) is 0.756. The van der Waals surface area contributed by atoms with Crippen LogP contribution in [0, 0.1) is 0 Å². The second-order valence-corrected chi connectivity index (χ2v) is 7.24. The van der Waals surface area contributed by atoms with Crippen LogP contribution in [-0.4, -0.2) is 40.7 Å². The fourth-order valence-corrected chi connectivity index (χ4v) is 3.42. The first-order chi connectivity index (χ1) is 10.9. The number of aromatic nitrogens is 4. The number of nitrogens with zero attached hydrogens (tertiary/aromatic N) is 4. The lowest BCUT2D eigenvalue weighted by Gasteiger charge is -2.06. The van der Waals surface area contributed by atoms with Crippen LogP contribution in [0.1, 0.15) is 28.6 Å². The van der Waals surface area contributed by atoms with E-state index in [1.54, 1.807) is 7.05 Å². The van der Waals surface area contributed by atoms with Crippen LogP contribution in [0.5, 0.6) is 0 Å². The van der Waals surface area contributed by atoms with Crippen LogP contribution in [-0.2, 0) is 36.6 Å². The number of carbonyl (C=O) groups excluding carboxylic acids is 1. The van der Waals surface area contributed by atoms with Crippen LogP contribution in [0.3, 0.4) is 0 Å². The van der Waals surface area contributed by atoms with E-state index in [-0.39, 0.29) is 23.0 Å². The summed E-state index contributed by atoms with van der Waals surface area (Å²) in [5.41, 5.74) is 0.264. The highest BCUT2D eigenvalue weighted by Crippen LogP contribution is 2.15. The zero-order valence-electron chi connectivity index (χ0n) is 12.9. The van der Waals surface area contributed by atoms with Gasteiger partial charge in [-0.05, 0) is 19.5 Å². The predicted octanol–water partition coefficient (Wildman–Crippen LogP) is -0.599. The third kappa shape index (κ3) is 2.86. The summed E-state index contributed by atoms with van der Waals surface area (Å²) in [4.78, 5) is 12.3. The number of hydrogen-bond acceptors (Lipinski definition) is 5. The molecule has 0 unspecified atom stereocenters. The maximum atomic E-state index is 12.3. The molecule has 2 N–H and O–H groups in total. The molecule has 0 atom stereocenters. The van der Waals surface area contributed by atoms with E-state index in [9.17, 15) is 13.2 Å². The van der Waals surface area contributed by atoms with Crippen LogP contribution >= 0.6 is 0 Å². The Kier molecular flexibility index (Phi) is 3.94. The molecule has 23 heavy (non-hydrogen) atoms. The maximum Gasteiger partial charge on any atom is 0.268 e. The molecular weight excluding hydrogens is 320 g/mol. The van der Waals surface area contributed by atoms with E-state index in [1.165, 1.54) is 23.9 Å². The molecule has 9 nitrogen and oxygen atoms in total. The van der Waals surface area contributed by atoms with Gasteiger partial charge in [-0.3, -0.25) is 4.79 Å². The zero-order chi connectivity index (χ0) is 16.6. The van der Waals surface area contributed by atoms with Gasteiger partial charge < -0.3 is 14.5 Å². The molecule has 1 aliphatic rings. The molecule has 3 heterocycles. The number of sulfonamides is 1. The molecule has 0 saturated heterocycles. The summed E-state index contributed by atoms with van der Waals surface area (Å²) in [5, 5.41) is 10.9. The first kappa shape index (κ1) is 15.7. The van der Waals surface area contributed by atoms with Crippen molar-refractivity contribution in [2.75, 3.05) is 7.05 Å². The van der Waals surface area contributed by atoms with Crippen molar-refractivity contribution >= 4 is 15.9 Å². The van der Waals surface area contributed by atoms with Crippen molar-refractivity contribution in [2.45, 2.75) is 30.8 Å². The largest absolute Gasteiger partial charge is 0.345 e. The molecule has 0 saturated carbocycles. The Balaban J connectivity index is 1.74. The molecule has 0 spiro atoms. The van der Waals surface area contributed by atoms with Crippen molar-refractivity contribution < 1.29 is 13.2 Å².